The lowest BCUT2D eigenvalue weighted by atomic mass is 10.1. The van der Waals surface area contributed by atoms with Gasteiger partial charge in [-0.3, -0.25) is 0 Å². The van der Waals surface area contributed by atoms with Crippen molar-refractivity contribution in [3.05, 3.63) is 35.9 Å². The van der Waals surface area contributed by atoms with Crippen LogP contribution in [0.4, 0.5) is 5.82 Å². The molecule has 0 aliphatic heterocycles. The second-order valence-electron chi connectivity index (χ2n) is 3.04. The van der Waals surface area contributed by atoms with E-state index in [4.69, 9.17) is 5.84 Å². The third-order valence-corrected chi connectivity index (χ3v) is 1.99. The van der Waals surface area contributed by atoms with Gasteiger partial charge in [0, 0.05) is 5.39 Å². The third kappa shape index (κ3) is 2.67. The molecule has 3 nitrogen and oxygen atoms in total. The van der Waals surface area contributed by atoms with E-state index in [-0.39, 0.29) is 0 Å². The highest BCUT2D eigenvalue weighted by atomic mass is 15.2. The SMILES string of the molecule is CC.Cc1ccc2nc(NN)ccc2c1. The molecule has 0 saturated carbocycles. The molecule has 0 atom stereocenters. The van der Waals surface area contributed by atoms with Crippen molar-refractivity contribution >= 4 is 16.7 Å². The Hall–Kier alpha value is -1.61. The molecule has 0 spiro atoms. The molecule has 0 aliphatic carbocycles. The quantitative estimate of drug-likeness (QED) is 0.553. The summed E-state index contributed by atoms with van der Waals surface area (Å²) in [6.45, 7) is 6.06. The van der Waals surface area contributed by atoms with E-state index in [2.05, 4.69) is 23.4 Å². The van der Waals surface area contributed by atoms with Gasteiger partial charge in [0.15, 0.2) is 0 Å². The second kappa shape index (κ2) is 5.32. The van der Waals surface area contributed by atoms with E-state index in [0.29, 0.717) is 5.82 Å². The average Bonchev–Trinajstić information content (AvgIpc) is 2.31. The molecule has 0 fully saturated rings. The summed E-state index contributed by atoms with van der Waals surface area (Å²) in [4.78, 5) is 4.30. The Labute approximate surface area is 90.3 Å². The first-order valence-corrected chi connectivity index (χ1v) is 5.13. The minimum atomic E-state index is 0.691. The number of rotatable bonds is 1. The summed E-state index contributed by atoms with van der Waals surface area (Å²) in [5.41, 5.74) is 4.72. The number of fused-ring (bicyclic) bond motifs is 1. The Morgan fingerprint density at radius 3 is 2.53 bits per heavy atom. The van der Waals surface area contributed by atoms with Crippen molar-refractivity contribution in [3.63, 3.8) is 0 Å². The van der Waals surface area contributed by atoms with Gasteiger partial charge in [-0.25, -0.2) is 10.8 Å². The Morgan fingerprint density at radius 1 is 1.13 bits per heavy atom. The minimum absolute atomic E-state index is 0.691. The van der Waals surface area contributed by atoms with Crippen LogP contribution in [0.25, 0.3) is 10.9 Å². The van der Waals surface area contributed by atoms with Crippen LogP contribution in [0, 0.1) is 6.92 Å². The van der Waals surface area contributed by atoms with Gasteiger partial charge in [-0.2, -0.15) is 0 Å². The molecule has 1 heterocycles. The molecule has 1 aromatic heterocycles. The van der Waals surface area contributed by atoms with Gasteiger partial charge in [-0.15, -0.1) is 0 Å². The molecular weight excluding hydrogens is 186 g/mol. The van der Waals surface area contributed by atoms with Crippen molar-refractivity contribution in [1.29, 1.82) is 0 Å². The number of nitrogens with two attached hydrogens (primary N) is 1. The van der Waals surface area contributed by atoms with Crippen molar-refractivity contribution in [2.24, 2.45) is 5.84 Å². The summed E-state index contributed by atoms with van der Waals surface area (Å²) in [7, 11) is 0. The van der Waals surface area contributed by atoms with Crippen LogP contribution in [0.3, 0.4) is 0 Å². The molecule has 2 rings (SSSR count). The van der Waals surface area contributed by atoms with Crippen molar-refractivity contribution in [2.75, 3.05) is 5.43 Å². The highest BCUT2D eigenvalue weighted by molar-refractivity contribution is 5.80. The van der Waals surface area contributed by atoms with E-state index < -0.39 is 0 Å². The van der Waals surface area contributed by atoms with Gasteiger partial charge in [0.25, 0.3) is 0 Å². The number of aryl methyl sites for hydroxylation is 1. The zero-order chi connectivity index (χ0) is 11.3. The number of nitrogens with zero attached hydrogens (tertiary/aromatic N) is 1. The van der Waals surface area contributed by atoms with E-state index in [0.717, 1.165) is 10.9 Å². The number of aromatic nitrogens is 1. The monoisotopic (exact) mass is 203 g/mol. The molecule has 0 bridgehead atoms. The van der Waals surface area contributed by atoms with Crippen LogP contribution in [0.15, 0.2) is 30.3 Å². The van der Waals surface area contributed by atoms with Crippen molar-refractivity contribution in [3.8, 4) is 0 Å². The number of anilines is 1. The summed E-state index contributed by atoms with van der Waals surface area (Å²) in [5, 5.41) is 1.14. The van der Waals surface area contributed by atoms with Gasteiger partial charge in [-0.1, -0.05) is 25.5 Å². The van der Waals surface area contributed by atoms with E-state index in [1.807, 2.05) is 38.1 Å². The van der Waals surface area contributed by atoms with Gasteiger partial charge in [0.05, 0.1) is 5.52 Å². The molecular formula is C12H17N3. The van der Waals surface area contributed by atoms with Crippen LogP contribution >= 0.6 is 0 Å². The molecule has 15 heavy (non-hydrogen) atoms. The van der Waals surface area contributed by atoms with Gasteiger partial charge < -0.3 is 5.43 Å². The maximum Gasteiger partial charge on any atom is 0.140 e. The lowest BCUT2D eigenvalue weighted by Gasteiger charge is -2.01. The van der Waals surface area contributed by atoms with Gasteiger partial charge in [0.2, 0.25) is 0 Å². The molecule has 2 aromatic rings. The van der Waals surface area contributed by atoms with Gasteiger partial charge in [0.1, 0.15) is 5.82 Å². The van der Waals surface area contributed by atoms with E-state index in [9.17, 15) is 0 Å². The smallest absolute Gasteiger partial charge is 0.140 e. The molecule has 1 aromatic carbocycles. The predicted molar refractivity (Wildman–Crippen MR) is 65.6 cm³/mol. The molecule has 3 heteroatoms. The van der Waals surface area contributed by atoms with Crippen molar-refractivity contribution in [1.82, 2.24) is 4.98 Å². The molecule has 0 saturated heterocycles. The van der Waals surface area contributed by atoms with E-state index in [1.165, 1.54) is 5.56 Å². The average molecular weight is 203 g/mol. The summed E-state index contributed by atoms with van der Waals surface area (Å²) in [5.74, 6) is 5.95. The van der Waals surface area contributed by atoms with Crippen LogP contribution < -0.4 is 11.3 Å². The zero-order valence-electron chi connectivity index (χ0n) is 9.41. The van der Waals surface area contributed by atoms with Gasteiger partial charge in [-0.05, 0) is 31.2 Å². The number of hydrogen-bond acceptors (Lipinski definition) is 3. The first-order valence-electron chi connectivity index (χ1n) is 5.13. The van der Waals surface area contributed by atoms with Crippen LogP contribution in [-0.4, -0.2) is 4.98 Å². The summed E-state index contributed by atoms with van der Waals surface area (Å²) < 4.78 is 0. The summed E-state index contributed by atoms with van der Waals surface area (Å²) >= 11 is 0. The van der Waals surface area contributed by atoms with E-state index in [1.54, 1.807) is 0 Å². The fourth-order valence-electron chi connectivity index (χ4n) is 1.33. The Kier molecular flexibility index (Phi) is 4.06. The van der Waals surface area contributed by atoms with Crippen LogP contribution in [0.1, 0.15) is 19.4 Å². The number of hydrazine groups is 1. The molecule has 3 N–H and O–H groups in total. The fourth-order valence-corrected chi connectivity index (χ4v) is 1.33. The van der Waals surface area contributed by atoms with Crippen molar-refractivity contribution < 1.29 is 0 Å². The molecule has 0 radical (unpaired) electrons. The largest absolute Gasteiger partial charge is 0.308 e. The lowest BCUT2D eigenvalue weighted by Crippen LogP contribution is -2.08. The van der Waals surface area contributed by atoms with E-state index >= 15 is 0 Å². The van der Waals surface area contributed by atoms with Crippen molar-refractivity contribution in [2.45, 2.75) is 20.8 Å². The standard InChI is InChI=1S/C10H11N3.C2H6/c1-7-2-4-9-8(6-7)3-5-10(12-9)13-11;1-2/h2-6H,11H2,1H3,(H,12,13);1-2H3. The predicted octanol–water partition coefficient (Wildman–Crippen LogP) is 2.86. The first-order chi connectivity index (χ1) is 7.29. The Balaban J connectivity index is 0.000000531. The third-order valence-electron chi connectivity index (χ3n) is 1.99. The summed E-state index contributed by atoms with van der Waals surface area (Å²) in [6, 6.07) is 10.00. The normalized spacial score (nSPS) is 9.33. The number of nitrogens with one attached hydrogen (secondary N) is 1. The first kappa shape index (κ1) is 11.5. The zero-order valence-corrected chi connectivity index (χ0v) is 9.41. The van der Waals surface area contributed by atoms with Crippen LogP contribution in [-0.2, 0) is 0 Å². The number of pyridine rings is 1. The maximum atomic E-state index is 5.26. The lowest BCUT2D eigenvalue weighted by molar-refractivity contribution is 1.26. The second-order valence-corrected chi connectivity index (χ2v) is 3.04. The van der Waals surface area contributed by atoms with Crippen LogP contribution in [0.5, 0.6) is 0 Å². The number of hydrogen-bond donors (Lipinski definition) is 2. The molecule has 0 amide bonds. The summed E-state index contributed by atoms with van der Waals surface area (Å²) in [6.07, 6.45) is 0. The van der Waals surface area contributed by atoms with Gasteiger partial charge >= 0.3 is 0 Å². The number of benzene rings is 1. The fraction of sp³-hybridized carbons (Fsp3) is 0.250. The van der Waals surface area contributed by atoms with Crippen LogP contribution in [0.2, 0.25) is 0 Å². The minimum Gasteiger partial charge on any atom is -0.308 e. The molecule has 80 valence electrons. The Morgan fingerprint density at radius 2 is 1.87 bits per heavy atom. The highest BCUT2D eigenvalue weighted by Crippen LogP contribution is 2.15. The molecule has 0 unspecified atom stereocenters. The Bertz CT molecular complexity index is 438. The topological polar surface area (TPSA) is 50.9 Å². The maximum absolute atomic E-state index is 5.26. The molecule has 0 aliphatic rings. The number of nitrogen functional groups attached to an aromatic ring is 1. The highest BCUT2D eigenvalue weighted by Gasteiger charge is 1.96.